The third kappa shape index (κ3) is 3.64. The third-order valence-corrected chi connectivity index (χ3v) is 5.05. The summed E-state index contributed by atoms with van der Waals surface area (Å²) in [5.41, 5.74) is 7.54. The van der Waals surface area contributed by atoms with E-state index in [9.17, 15) is 0 Å². The van der Waals surface area contributed by atoms with Crippen LogP contribution in [-0.4, -0.2) is 28.1 Å². The summed E-state index contributed by atoms with van der Waals surface area (Å²) in [5.74, 6) is 1.43. The van der Waals surface area contributed by atoms with Gasteiger partial charge < -0.3 is 16.3 Å². The standard InChI is InChI=1S/C14H21N3OS/c1-14(7-4-8-19-14)10-16-9-11-5-2-3-6-12(11)13(15)17-18/h2-3,5-6,16,18H,4,7-10H2,1H3,(H2,15,17). The normalized spacial score (nSPS) is 23.7. The van der Waals surface area contributed by atoms with Crippen LogP contribution in [0.25, 0.3) is 0 Å². The van der Waals surface area contributed by atoms with Crippen LogP contribution in [0, 0.1) is 0 Å². The molecule has 19 heavy (non-hydrogen) atoms. The van der Waals surface area contributed by atoms with E-state index in [1.54, 1.807) is 0 Å². The van der Waals surface area contributed by atoms with Gasteiger partial charge in [-0.3, -0.25) is 0 Å². The quantitative estimate of drug-likeness (QED) is 0.334. The summed E-state index contributed by atoms with van der Waals surface area (Å²) < 4.78 is 0.353. The molecule has 1 aromatic rings. The van der Waals surface area contributed by atoms with Gasteiger partial charge in [0.15, 0.2) is 5.84 Å². The first-order valence-electron chi connectivity index (χ1n) is 6.55. The van der Waals surface area contributed by atoms with Gasteiger partial charge in [-0.05, 0) is 31.1 Å². The number of hydrogen-bond donors (Lipinski definition) is 3. The summed E-state index contributed by atoms with van der Waals surface area (Å²) in [6.07, 6.45) is 2.58. The summed E-state index contributed by atoms with van der Waals surface area (Å²) >= 11 is 2.04. The molecule has 0 amide bonds. The predicted molar refractivity (Wildman–Crippen MR) is 80.8 cm³/mol. The fourth-order valence-electron chi connectivity index (χ4n) is 2.42. The van der Waals surface area contributed by atoms with Gasteiger partial charge >= 0.3 is 0 Å². The summed E-state index contributed by atoms with van der Waals surface area (Å²) in [6.45, 7) is 4.04. The number of benzene rings is 1. The molecule has 4 N–H and O–H groups in total. The van der Waals surface area contributed by atoms with Gasteiger partial charge in [-0.2, -0.15) is 11.8 Å². The van der Waals surface area contributed by atoms with Crippen molar-refractivity contribution in [3.63, 3.8) is 0 Å². The van der Waals surface area contributed by atoms with Gasteiger partial charge in [0.05, 0.1) is 0 Å². The molecule has 1 saturated heterocycles. The molecule has 1 unspecified atom stereocenters. The van der Waals surface area contributed by atoms with E-state index >= 15 is 0 Å². The van der Waals surface area contributed by atoms with Crippen molar-refractivity contribution < 1.29 is 5.21 Å². The van der Waals surface area contributed by atoms with Crippen LogP contribution < -0.4 is 11.1 Å². The average molecular weight is 279 g/mol. The highest BCUT2D eigenvalue weighted by molar-refractivity contribution is 8.00. The van der Waals surface area contributed by atoms with Crippen LogP contribution >= 0.6 is 11.8 Å². The van der Waals surface area contributed by atoms with Gasteiger partial charge in [-0.15, -0.1) is 0 Å². The second-order valence-electron chi connectivity index (χ2n) is 5.15. The number of oxime groups is 1. The Morgan fingerprint density at radius 2 is 2.32 bits per heavy atom. The predicted octanol–water partition coefficient (Wildman–Crippen LogP) is 2.16. The lowest BCUT2D eigenvalue weighted by atomic mass is 10.0. The highest BCUT2D eigenvalue weighted by Gasteiger charge is 2.28. The van der Waals surface area contributed by atoms with Crippen molar-refractivity contribution in [2.24, 2.45) is 10.9 Å². The zero-order valence-electron chi connectivity index (χ0n) is 11.2. The molecule has 5 heteroatoms. The Bertz CT molecular complexity index is 456. The Balaban J connectivity index is 1.96. The minimum Gasteiger partial charge on any atom is -0.409 e. The maximum absolute atomic E-state index is 8.79. The summed E-state index contributed by atoms with van der Waals surface area (Å²) in [4.78, 5) is 0. The molecule has 1 fully saturated rings. The van der Waals surface area contributed by atoms with Crippen molar-refractivity contribution in [2.75, 3.05) is 12.3 Å². The van der Waals surface area contributed by atoms with Crippen LogP contribution in [0.1, 0.15) is 30.9 Å². The van der Waals surface area contributed by atoms with Gasteiger partial charge in [-0.1, -0.05) is 29.4 Å². The van der Waals surface area contributed by atoms with Gasteiger partial charge in [0.1, 0.15) is 0 Å². The Morgan fingerprint density at radius 3 is 3.00 bits per heavy atom. The molecule has 1 atom stereocenters. The fourth-order valence-corrected chi connectivity index (χ4v) is 3.69. The van der Waals surface area contributed by atoms with Crippen molar-refractivity contribution in [2.45, 2.75) is 31.1 Å². The van der Waals surface area contributed by atoms with E-state index in [-0.39, 0.29) is 5.84 Å². The van der Waals surface area contributed by atoms with Gasteiger partial charge in [0.25, 0.3) is 0 Å². The number of hydrogen-bond acceptors (Lipinski definition) is 4. The summed E-state index contributed by atoms with van der Waals surface area (Å²) in [5, 5.41) is 15.4. The van der Waals surface area contributed by atoms with Crippen LogP contribution in [0.4, 0.5) is 0 Å². The first-order chi connectivity index (χ1) is 9.14. The maximum atomic E-state index is 8.79. The lowest BCUT2D eigenvalue weighted by Crippen LogP contribution is -2.33. The Morgan fingerprint density at radius 1 is 1.53 bits per heavy atom. The van der Waals surface area contributed by atoms with Crippen LogP contribution in [0.5, 0.6) is 0 Å². The molecule has 4 nitrogen and oxygen atoms in total. The van der Waals surface area contributed by atoms with Gasteiger partial charge in [0, 0.05) is 23.4 Å². The summed E-state index contributed by atoms with van der Waals surface area (Å²) in [7, 11) is 0. The molecule has 2 rings (SSSR count). The van der Waals surface area contributed by atoms with E-state index in [1.165, 1.54) is 18.6 Å². The molecule has 0 radical (unpaired) electrons. The molecule has 0 spiro atoms. The zero-order valence-corrected chi connectivity index (χ0v) is 12.0. The minimum absolute atomic E-state index is 0.166. The molecule has 104 valence electrons. The van der Waals surface area contributed by atoms with Crippen molar-refractivity contribution in [3.05, 3.63) is 35.4 Å². The van der Waals surface area contributed by atoms with E-state index in [4.69, 9.17) is 10.9 Å². The Hall–Kier alpha value is -1.20. The molecule has 1 aliphatic rings. The SMILES string of the molecule is CC1(CNCc2ccccc2/C(N)=N/O)CCCS1. The minimum atomic E-state index is 0.166. The molecule has 1 aromatic carbocycles. The Kier molecular flexibility index (Phi) is 4.71. The van der Waals surface area contributed by atoms with Crippen molar-refractivity contribution >= 4 is 17.6 Å². The second-order valence-corrected chi connectivity index (χ2v) is 6.83. The van der Waals surface area contributed by atoms with Crippen LogP contribution in [0.15, 0.2) is 29.4 Å². The van der Waals surface area contributed by atoms with E-state index < -0.39 is 0 Å². The molecule has 0 aliphatic carbocycles. The maximum Gasteiger partial charge on any atom is 0.170 e. The molecule has 0 bridgehead atoms. The molecule has 0 aromatic heterocycles. The zero-order chi connectivity index (χ0) is 13.7. The van der Waals surface area contributed by atoms with E-state index in [1.807, 2.05) is 36.0 Å². The fraction of sp³-hybridized carbons (Fsp3) is 0.500. The van der Waals surface area contributed by atoms with Gasteiger partial charge in [0.2, 0.25) is 0 Å². The van der Waals surface area contributed by atoms with Crippen LogP contribution in [0.3, 0.4) is 0 Å². The third-order valence-electron chi connectivity index (χ3n) is 3.52. The number of nitrogens with zero attached hydrogens (tertiary/aromatic N) is 1. The highest BCUT2D eigenvalue weighted by Crippen LogP contribution is 2.36. The van der Waals surface area contributed by atoms with E-state index in [0.717, 1.165) is 24.2 Å². The lowest BCUT2D eigenvalue weighted by Gasteiger charge is -2.23. The molecular weight excluding hydrogens is 258 g/mol. The van der Waals surface area contributed by atoms with Crippen molar-refractivity contribution in [3.8, 4) is 0 Å². The number of amidine groups is 1. The van der Waals surface area contributed by atoms with Crippen molar-refractivity contribution in [1.82, 2.24) is 5.32 Å². The number of nitrogens with one attached hydrogen (secondary N) is 1. The second kappa shape index (κ2) is 6.30. The van der Waals surface area contributed by atoms with Gasteiger partial charge in [-0.25, -0.2) is 0 Å². The number of nitrogens with two attached hydrogens (primary N) is 1. The van der Waals surface area contributed by atoms with Crippen LogP contribution in [-0.2, 0) is 6.54 Å². The Labute approximate surface area is 118 Å². The summed E-state index contributed by atoms with van der Waals surface area (Å²) in [6, 6.07) is 7.74. The highest BCUT2D eigenvalue weighted by atomic mass is 32.2. The smallest absolute Gasteiger partial charge is 0.170 e. The largest absolute Gasteiger partial charge is 0.409 e. The molecule has 1 heterocycles. The van der Waals surface area contributed by atoms with Crippen LogP contribution in [0.2, 0.25) is 0 Å². The molecule has 0 saturated carbocycles. The molecule has 1 aliphatic heterocycles. The topological polar surface area (TPSA) is 70.6 Å². The van der Waals surface area contributed by atoms with Crippen molar-refractivity contribution in [1.29, 1.82) is 0 Å². The molecular formula is C14H21N3OS. The average Bonchev–Trinajstić information content (AvgIpc) is 2.85. The number of rotatable bonds is 5. The number of thioether (sulfide) groups is 1. The van der Waals surface area contributed by atoms with E-state index in [0.29, 0.717) is 4.75 Å². The first kappa shape index (κ1) is 14.2. The first-order valence-corrected chi connectivity index (χ1v) is 7.54. The van der Waals surface area contributed by atoms with E-state index in [2.05, 4.69) is 17.4 Å². The monoisotopic (exact) mass is 279 g/mol. The lowest BCUT2D eigenvalue weighted by molar-refractivity contribution is 0.318.